The summed E-state index contributed by atoms with van der Waals surface area (Å²) in [6.45, 7) is 1.89. The summed E-state index contributed by atoms with van der Waals surface area (Å²) in [5.74, 6) is 0.0675. The fourth-order valence-corrected chi connectivity index (χ4v) is 1.91. The number of nitrogens with zero attached hydrogens (tertiary/aromatic N) is 2. The Morgan fingerprint density at radius 2 is 2.24 bits per heavy atom. The number of halogens is 1. The maximum absolute atomic E-state index is 12.1. The lowest BCUT2D eigenvalue weighted by Crippen LogP contribution is -2.05. The highest BCUT2D eigenvalue weighted by molar-refractivity contribution is 6.30. The van der Waals surface area contributed by atoms with Crippen LogP contribution in [0.4, 0.5) is 0 Å². The summed E-state index contributed by atoms with van der Waals surface area (Å²) in [5.41, 5.74) is 2.48. The Bertz CT molecular complexity index is 560. The van der Waals surface area contributed by atoms with Gasteiger partial charge in [-0.1, -0.05) is 23.7 Å². The molecule has 0 aliphatic heterocycles. The molecule has 0 spiro atoms. The van der Waals surface area contributed by atoms with Gasteiger partial charge in [0.25, 0.3) is 0 Å². The van der Waals surface area contributed by atoms with Gasteiger partial charge in [-0.3, -0.25) is 9.48 Å². The quantitative estimate of drug-likeness (QED) is 0.783. The molecule has 2 aromatic rings. The number of aryl methyl sites for hydroxylation is 1. The van der Waals surface area contributed by atoms with E-state index in [-0.39, 0.29) is 5.78 Å². The minimum absolute atomic E-state index is 0.0675. The van der Waals surface area contributed by atoms with Crippen LogP contribution in [-0.4, -0.2) is 15.6 Å². The Morgan fingerprint density at radius 3 is 2.82 bits per heavy atom. The van der Waals surface area contributed by atoms with Crippen molar-refractivity contribution in [3.8, 4) is 0 Å². The predicted octanol–water partition coefficient (Wildman–Crippen LogP) is 2.81. The van der Waals surface area contributed by atoms with E-state index in [0.29, 0.717) is 17.0 Å². The van der Waals surface area contributed by atoms with Crippen LogP contribution >= 0.6 is 11.6 Å². The van der Waals surface area contributed by atoms with Crippen LogP contribution in [0.1, 0.15) is 21.6 Å². The van der Waals surface area contributed by atoms with E-state index < -0.39 is 0 Å². The Balaban J connectivity index is 2.20. The largest absolute Gasteiger partial charge is 0.294 e. The van der Waals surface area contributed by atoms with Crippen LogP contribution in [0, 0.1) is 6.92 Å². The molecular weight excluding hydrogens is 236 g/mol. The normalized spacial score (nSPS) is 10.5. The summed E-state index contributed by atoms with van der Waals surface area (Å²) in [6, 6.07) is 7.35. The van der Waals surface area contributed by atoms with E-state index >= 15 is 0 Å². The summed E-state index contributed by atoms with van der Waals surface area (Å²) in [7, 11) is 1.82. The number of rotatable bonds is 3. The number of hydrogen-bond acceptors (Lipinski definition) is 2. The molecule has 3 nitrogen and oxygen atoms in total. The molecule has 1 aromatic heterocycles. The molecule has 0 atom stereocenters. The van der Waals surface area contributed by atoms with Gasteiger partial charge < -0.3 is 0 Å². The van der Waals surface area contributed by atoms with Crippen LogP contribution in [-0.2, 0) is 13.5 Å². The van der Waals surface area contributed by atoms with Crippen molar-refractivity contribution < 1.29 is 4.79 Å². The average molecular weight is 249 g/mol. The van der Waals surface area contributed by atoms with Crippen molar-refractivity contribution in [3.63, 3.8) is 0 Å². The highest BCUT2D eigenvalue weighted by Gasteiger charge is 2.13. The van der Waals surface area contributed by atoms with Gasteiger partial charge in [-0.2, -0.15) is 5.10 Å². The van der Waals surface area contributed by atoms with E-state index in [1.807, 2.05) is 32.2 Å². The van der Waals surface area contributed by atoms with Gasteiger partial charge in [-0.15, -0.1) is 0 Å². The molecule has 1 aromatic carbocycles. The number of carbonyl (C=O) groups excluding carboxylic acids is 1. The van der Waals surface area contributed by atoms with Gasteiger partial charge in [-0.25, -0.2) is 0 Å². The molecule has 0 saturated carbocycles. The number of carbonyl (C=O) groups is 1. The lowest BCUT2D eigenvalue weighted by Gasteiger charge is -2.01. The van der Waals surface area contributed by atoms with E-state index in [0.717, 1.165) is 11.3 Å². The smallest absolute Gasteiger partial charge is 0.170 e. The minimum Gasteiger partial charge on any atom is -0.294 e. The maximum atomic E-state index is 12.1. The van der Waals surface area contributed by atoms with E-state index in [2.05, 4.69) is 5.10 Å². The average Bonchev–Trinajstić information content (AvgIpc) is 2.60. The third-order valence-electron chi connectivity index (χ3n) is 2.79. The molecule has 0 fully saturated rings. The molecule has 4 heteroatoms. The van der Waals surface area contributed by atoms with Crippen LogP contribution in [0.15, 0.2) is 30.5 Å². The fraction of sp³-hybridized carbons (Fsp3) is 0.231. The van der Waals surface area contributed by atoms with Crippen molar-refractivity contribution in [3.05, 3.63) is 52.3 Å². The minimum atomic E-state index is 0.0675. The predicted molar refractivity (Wildman–Crippen MR) is 67.4 cm³/mol. The van der Waals surface area contributed by atoms with Crippen molar-refractivity contribution in [1.82, 2.24) is 9.78 Å². The third kappa shape index (κ3) is 2.56. The molecular formula is C13H13ClN2O. The van der Waals surface area contributed by atoms with E-state index in [9.17, 15) is 4.79 Å². The summed E-state index contributed by atoms with van der Waals surface area (Å²) < 4.78 is 1.70. The highest BCUT2D eigenvalue weighted by Crippen LogP contribution is 2.14. The Kier molecular flexibility index (Phi) is 3.29. The zero-order valence-corrected chi connectivity index (χ0v) is 10.5. The van der Waals surface area contributed by atoms with Crippen LogP contribution in [0.2, 0.25) is 5.02 Å². The third-order valence-corrected chi connectivity index (χ3v) is 3.02. The van der Waals surface area contributed by atoms with Gasteiger partial charge in [0.1, 0.15) is 0 Å². The van der Waals surface area contributed by atoms with Crippen molar-refractivity contribution in [2.24, 2.45) is 7.05 Å². The maximum Gasteiger partial charge on any atom is 0.170 e. The van der Waals surface area contributed by atoms with Gasteiger partial charge in [0.15, 0.2) is 5.78 Å². The SMILES string of the molecule is Cc1c(C(=O)Cc2cccc(Cl)c2)cnn1C. The second-order valence-electron chi connectivity index (χ2n) is 4.00. The molecule has 0 aliphatic carbocycles. The molecule has 0 unspecified atom stereocenters. The number of Topliss-reactive ketones (excluding diaryl/α,β-unsaturated/α-hetero) is 1. The summed E-state index contributed by atoms with van der Waals surface area (Å²) in [4.78, 5) is 12.1. The molecule has 0 saturated heterocycles. The zero-order valence-electron chi connectivity index (χ0n) is 9.77. The summed E-state index contributed by atoms with van der Waals surface area (Å²) in [5, 5.41) is 4.72. The lowest BCUT2D eigenvalue weighted by atomic mass is 10.0. The molecule has 17 heavy (non-hydrogen) atoms. The number of aromatic nitrogens is 2. The van der Waals surface area contributed by atoms with Gasteiger partial charge >= 0.3 is 0 Å². The van der Waals surface area contributed by atoms with Crippen molar-refractivity contribution in [1.29, 1.82) is 0 Å². The summed E-state index contributed by atoms with van der Waals surface area (Å²) >= 11 is 5.88. The number of ketones is 1. The number of hydrogen-bond donors (Lipinski definition) is 0. The second-order valence-corrected chi connectivity index (χ2v) is 4.43. The topological polar surface area (TPSA) is 34.9 Å². The van der Waals surface area contributed by atoms with E-state index in [1.54, 1.807) is 16.9 Å². The lowest BCUT2D eigenvalue weighted by molar-refractivity contribution is 0.0992. The van der Waals surface area contributed by atoms with Crippen LogP contribution in [0.25, 0.3) is 0 Å². The number of benzene rings is 1. The van der Waals surface area contributed by atoms with Gasteiger partial charge in [0.2, 0.25) is 0 Å². The summed E-state index contributed by atoms with van der Waals surface area (Å²) in [6.07, 6.45) is 1.97. The standard InChI is InChI=1S/C13H13ClN2O/c1-9-12(8-15-16(9)2)13(17)7-10-4-3-5-11(14)6-10/h3-6,8H,7H2,1-2H3. The van der Waals surface area contributed by atoms with Crippen LogP contribution in [0.5, 0.6) is 0 Å². The van der Waals surface area contributed by atoms with Gasteiger partial charge in [-0.05, 0) is 24.6 Å². The molecule has 0 aliphatic rings. The molecule has 0 bridgehead atoms. The van der Waals surface area contributed by atoms with E-state index in [4.69, 9.17) is 11.6 Å². The van der Waals surface area contributed by atoms with Gasteiger partial charge in [0, 0.05) is 24.2 Å². The monoisotopic (exact) mass is 248 g/mol. The van der Waals surface area contributed by atoms with Crippen molar-refractivity contribution >= 4 is 17.4 Å². The zero-order chi connectivity index (χ0) is 12.4. The van der Waals surface area contributed by atoms with Crippen molar-refractivity contribution in [2.45, 2.75) is 13.3 Å². The highest BCUT2D eigenvalue weighted by atomic mass is 35.5. The first kappa shape index (κ1) is 11.9. The van der Waals surface area contributed by atoms with Crippen LogP contribution < -0.4 is 0 Å². The Morgan fingerprint density at radius 1 is 1.47 bits per heavy atom. The Labute approximate surface area is 105 Å². The van der Waals surface area contributed by atoms with Crippen LogP contribution in [0.3, 0.4) is 0 Å². The Hall–Kier alpha value is -1.61. The van der Waals surface area contributed by atoms with Gasteiger partial charge in [0.05, 0.1) is 11.8 Å². The fourth-order valence-electron chi connectivity index (χ4n) is 1.70. The molecule has 0 amide bonds. The first-order valence-electron chi connectivity index (χ1n) is 5.34. The van der Waals surface area contributed by atoms with Crippen molar-refractivity contribution in [2.75, 3.05) is 0 Å². The first-order valence-corrected chi connectivity index (χ1v) is 5.72. The first-order chi connectivity index (χ1) is 8.08. The second kappa shape index (κ2) is 4.72. The molecule has 2 rings (SSSR count). The van der Waals surface area contributed by atoms with E-state index in [1.165, 1.54) is 0 Å². The molecule has 88 valence electrons. The molecule has 1 heterocycles. The molecule has 0 N–H and O–H groups in total. The molecule has 0 radical (unpaired) electrons.